The molecule has 0 spiro atoms. The van der Waals surface area contributed by atoms with Crippen molar-refractivity contribution in [1.82, 2.24) is 24.6 Å². The first-order chi connectivity index (χ1) is 17.4. The van der Waals surface area contributed by atoms with Gasteiger partial charge in [0.2, 0.25) is 0 Å². The van der Waals surface area contributed by atoms with Gasteiger partial charge in [0.05, 0.1) is 39.9 Å². The molecular weight excluding hydrogens is 485 g/mol. The molecule has 2 aliphatic heterocycles. The lowest BCUT2D eigenvalue weighted by Crippen LogP contribution is -2.39. The third kappa shape index (κ3) is 4.36. The first-order valence-electron chi connectivity index (χ1n) is 12.1. The second kappa shape index (κ2) is 8.67. The lowest BCUT2D eigenvalue weighted by Gasteiger charge is -2.30. The van der Waals surface area contributed by atoms with E-state index < -0.39 is 18.3 Å². The molecule has 0 bridgehead atoms. The fourth-order valence-corrected chi connectivity index (χ4v) is 5.28. The van der Waals surface area contributed by atoms with Crippen molar-refractivity contribution in [2.75, 3.05) is 11.4 Å². The highest BCUT2D eigenvalue weighted by Gasteiger charge is 2.47. The van der Waals surface area contributed by atoms with Crippen molar-refractivity contribution in [1.29, 1.82) is 0 Å². The van der Waals surface area contributed by atoms with Crippen molar-refractivity contribution < 1.29 is 22.8 Å². The number of hydrogen-bond donors (Lipinski definition) is 0. The zero-order valence-electron chi connectivity index (χ0n) is 21.0. The van der Waals surface area contributed by atoms with Crippen LogP contribution in [0.1, 0.15) is 65.6 Å². The van der Waals surface area contributed by atoms with Crippen molar-refractivity contribution in [2.24, 2.45) is 0 Å². The molecule has 0 N–H and O–H groups in total. The van der Waals surface area contributed by atoms with Gasteiger partial charge in [-0.1, -0.05) is 0 Å². The van der Waals surface area contributed by atoms with E-state index in [0.29, 0.717) is 40.2 Å². The number of pyridine rings is 2. The fraction of sp³-hybridized carbons (Fsp3) is 0.423. The summed E-state index contributed by atoms with van der Waals surface area (Å²) in [4.78, 5) is 38.9. The smallest absolute Gasteiger partial charge is 0.336 e. The molecule has 2 aliphatic rings. The van der Waals surface area contributed by atoms with E-state index in [1.807, 2.05) is 11.8 Å². The highest BCUT2D eigenvalue weighted by Crippen LogP contribution is 2.43. The molecule has 1 unspecified atom stereocenters. The zero-order valence-corrected chi connectivity index (χ0v) is 21.0. The minimum absolute atomic E-state index is 0.0743. The predicted octanol–water partition coefficient (Wildman–Crippen LogP) is 4.73. The number of alkyl halides is 3. The Labute approximate surface area is 212 Å². The van der Waals surface area contributed by atoms with Gasteiger partial charge in [-0.05, 0) is 58.2 Å². The lowest BCUT2D eigenvalue weighted by atomic mass is 9.96. The molecule has 1 saturated heterocycles. The van der Waals surface area contributed by atoms with Crippen LogP contribution in [-0.2, 0) is 12.1 Å². The van der Waals surface area contributed by atoms with Crippen LogP contribution in [0.5, 0.6) is 0 Å². The van der Waals surface area contributed by atoms with Gasteiger partial charge in [-0.15, -0.1) is 0 Å². The van der Waals surface area contributed by atoms with Gasteiger partial charge < -0.3 is 4.90 Å². The molecule has 5 rings (SSSR count). The number of aryl methyl sites for hydroxylation is 1. The number of likely N-dealkylation sites (tertiary alicyclic amines) is 1. The maximum absolute atomic E-state index is 13.5. The summed E-state index contributed by atoms with van der Waals surface area (Å²) in [6.45, 7) is 6.88. The van der Waals surface area contributed by atoms with Gasteiger partial charge in [-0.3, -0.25) is 24.2 Å². The summed E-state index contributed by atoms with van der Waals surface area (Å²) in [7, 11) is 0. The Balaban J connectivity index is 1.50. The lowest BCUT2D eigenvalue weighted by molar-refractivity contribution is -0.142. The second-order valence-electron chi connectivity index (χ2n) is 10.2. The topological polar surface area (TPSA) is 84.2 Å². The first-order valence-corrected chi connectivity index (χ1v) is 12.1. The van der Waals surface area contributed by atoms with Crippen LogP contribution in [0.25, 0.3) is 11.3 Å². The van der Waals surface area contributed by atoms with Crippen molar-refractivity contribution >= 4 is 17.5 Å². The van der Waals surface area contributed by atoms with Gasteiger partial charge >= 0.3 is 6.18 Å². The first kappa shape index (κ1) is 24.9. The third-order valence-electron chi connectivity index (χ3n) is 7.09. The Hall–Kier alpha value is -3.76. The number of aromatic nitrogens is 4. The molecule has 5 heterocycles. The molecule has 194 valence electrons. The summed E-state index contributed by atoms with van der Waals surface area (Å²) in [6.07, 6.45) is 3.16. The number of hydrogen-bond acceptors (Lipinski definition) is 5. The van der Waals surface area contributed by atoms with Gasteiger partial charge in [0.1, 0.15) is 6.54 Å². The maximum Gasteiger partial charge on any atom is 0.408 e. The van der Waals surface area contributed by atoms with Crippen molar-refractivity contribution in [2.45, 2.75) is 64.8 Å². The summed E-state index contributed by atoms with van der Waals surface area (Å²) in [5.74, 6) is -0.428. The molecule has 8 nitrogen and oxygen atoms in total. The molecule has 1 atom stereocenters. The quantitative estimate of drug-likeness (QED) is 0.505. The molecular formula is C26H27F3N6O2. The highest BCUT2D eigenvalue weighted by atomic mass is 19.4. The van der Waals surface area contributed by atoms with Crippen LogP contribution in [0.15, 0.2) is 36.9 Å². The van der Waals surface area contributed by atoms with Crippen molar-refractivity contribution in [3.8, 4) is 11.3 Å². The molecule has 2 amide bonds. The van der Waals surface area contributed by atoms with Gasteiger partial charge in [-0.2, -0.15) is 18.3 Å². The number of carbonyl (C=O) groups is 2. The molecule has 1 fully saturated rings. The van der Waals surface area contributed by atoms with Crippen molar-refractivity contribution in [3.63, 3.8) is 0 Å². The number of nitrogens with zero attached hydrogens (tertiary/aromatic N) is 6. The summed E-state index contributed by atoms with van der Waals surface area (Å²) in [5.41, 5.74) is 2.56. The summed E-state index contributed by atoms with van der Waals surface area (Å²) in [5, 5.41) is 3.80. The summed E-state index contributed by atoms with van der Waals surface area (Å²) < 4.78 is 39.3. The summed E-state index contributed by atoms with van der Waals surface area (Å²) in [6, 6.07) is 3.71. The van der Waals surface area contributed by atoms with E-state index >= 15 is 0 Å². The number of amides is 2. The average molecular weight is 513 g/mol. The van der Waals surface area contributed by atoms with Gasteiger partial charge in [0.25, 0.3) is 11.8 Å². The average Bonchev–Trinajstić information content (AvgIpc) is 3.49. The van der Waals surface area contributed by atoms with Crippen molar-refractivity contribution in [3.05, 3.63) is 59.3 Å². The SMILES string of the molecule is Cc1cc(-c2cncc(C(=O)N3CCCC3C)c2)nc2c1C(=O)N(c1cnn(CC(F)(F)F)c1)C2(C)C. The standard InChI is InChI=1S/C26H27F3N6O2/c1-15-8-20(17-9-18(11-30-10-17)23(36)34-7-5-6-16(34)2)32-22-21(15)24(37)35(25(22,3)4)19-12-31-33(13-19)14-26(27,28)29/h8-13,16H,5-7,14H2,1-4H3. The van der Waals surface area contributed by atoms with E-state index in [4.69, 9.17) is 4.98 Å². The van der Waals surface area contributed by atoms with Gasteiger partial charge in [0, 0.05) is 36.7 Å². The number of halogens is 3. The maximum atomic E-state index is 13.5. The van der Waals surface area contributed by atoms with Crippen LogP contribution in [0.2, 0.25) is 0 Å². The monoisotopic (exact) mass is 512 g/mol. The number of rotatable bonds is 4. The molecule has 3 aromatic heterocycles. The van der Waals surface area contributed by atoms with Gasteiger partial charge in [0.15, 0.2) is 0 Å². The second-order valence-corrected chi connectivity index (χ2v) is 10.2. The Morgan fingerprint density at radius 1 is 1.19 bits per heavy atom. The van der Waals surface area contributed by atoms with E-state index in [0.717, 1.165) is 17.5 Å². The molecule has 0 aromatic carbocycles. The normalized spacial score (nSPS) is 19.0. The van der Waals surface area contributed by atoms with Crippen LogP contribution in [0.3, 0.4) is 0 Å². The van der Waals surface area contributed by atoms with Crippen LogP contribution in [0, 0.1) is 6.92 Å². The molecule has 3 aromatic rings. The molecule has 0 radical (unpaired) electrons. The Bertz CT molecular complexity index is 1400. The Kier molecular flexibility index (Phi) is 5.84. The molecule has 0 aliphatic carbocycles. The molecule has 37 heavy (non-hydrogen) atoms. The number of fused-ring (bicyclic) bond motifs is 1. The predicted molar refractivity (Wildman–Crippen MR) is 130 cm³/mol. The Morgan fingerprint density at radius 3 is 2.62 bits per heavy atom. The largest absolute Gasteiger partial charge is 0.408 e. The molecule has 0 saturated carbocycles. The van der Waals surface area contributed by atoms with E-state index in [1.165, 1.54) is 17.3 Å². The number of anilines is 1. The third-order valence-corrected chi connectivity index (χ3v) is 7.09. The van der Waals surface area contributed by atoms with Crippen LogP contribution >= 0.6 is 0 Å². The van der Waals surface area contributed by atoms with E-state index in [-0.39, 0.29) is 23.5 Å². The van der Waals surface area contributed by atoms with Gasteiger partial charge in [-0.25, -0.2) is 4.98 Å². The van der Waals surface area contributed by atoms with Crippen LogP contribution in [0.4, 0.5) is 18.9 Å². The minimum atomic E-state index is -4.43. The van der Waals surface area contributed by atoms with E-state index in [9.17, 15) is 22.8 Å². The van der Waals surface area contributed by atoms with Crippen LogP contribution < -0.4 is 4.90 Å². The highest BCUT2D eigenvalue weighted by molar-refractivity contribution is 6.12. The van der Waals surface area contributed by atoms with E-state index in [1.54, 1.807) is 45.3 Å². The Morgan fingerprint density at radius 2 is 1.95 bits per heavy atom. The fourth-order valence-electron chi connectivity index (χ4n) is 5.28. The zero-order chi connectivity index (χ0) is 26.7. The molecule has 11 heteroatoms. The number of carbonyl (C=O) groups excluding carboxylic acids is 2. The van der Waals surface area contributed by atoms with E-state index in [2.05, 4.69) is 10.1 Å². The summed E-state index contributed by atoms with van der Waals surface area (Å²) >= 11 is 0. The van der Waals surface area contributed by atoms with Crippen LogP contribution in [-0.4, -0.2) is 55.2 Å². The minimum Gasteiger partial charge on any atom is -0.336 e.